The van der Waals surface area contributed by atoms with Crippen LogP contribution in [0.3, 0.4) is 0 Å². The molecule has 2 bridgehead atoms. The van der Waals surface area contributed by atoms with Crippen molar-refractivity contribution in [3.63, 3.8) is 0 Å². The summed E-state index contributed by atoms with van der Waals surface area (Å²) in [6.07, 6.45) is -2.61. The highest BCUT2D eigenvalue weighted by molar-refractivity contribution is 5.16. The highest BCUT2D eigenvalue weighted by Gasteiger charge is 2.57. The van der Waals surface area contributed by atoms with Crippen molar-refractivity contribution < 1.29 is 28.4 Å². The highest BCUT2D eigenvalue weighted by atomic mass is 16.8. The predicted octanol–water partition coefficient (Wildman–Crippen LogP) is 6.08. The Hall–Kier alpha value is -3.36. The normalized spacial score (nSPS) is 25.3. The van der Waals surface area contributed by atoms with Gasteiger partial charge in [0.1, 0.15) is 30.5 Å². The van der Waals surface area contributed by atoms with Crippen LogP contribution in [-0.4, -0.2) is 43.4 Å². The molecule has 0 unspecified atom stereocenters. The first-order valence-corrected chi connectivity index (χ1v) is 14.2. The molecule has 212 valence electrons. The number of hydrogen-bond donors (Lipinski definition) is 0. The third-order valence-corrected chi connectivity index (χ3v) is 7.46. The zero-order valence-corrected chi connectivity index (χ0v) is 23.0. The number of benzene rings is 4. The molecule has 0 amide bonds. The Kier molecular flexibility index (Phi) is 9.50. The van der Waals surface area contributed by atoms with Gasteiger partial charge in [-0.05, 0) is 22.3 Å². The Balaban J connectivity index is 1.22. The Morgan fingerprint density at radius 2 is 0.854 bits per heavy atom. The molecule has 6 rings (SSSR count). The molecule has 0 saturated carbocycles. The van der Waals surface area contributed by atoms with E-state index >= 15 is 0 Å². The van der Waals surface area contributed by atoms with Gasteiger partial charge >= 0.3 is 0 Å². The van der Waals surface area contributed by atoms with Crippen LogP contribution in [0.4, 0.5) is 0 Å². The summed E-state index contributed by atoms with van der Waals surface area (Å²) in [5.41, 5.74) is 4.34. The molecule has 2 fully saturated rings. The van der Waals surface area contributed by atoms with Gasteiger partial charge in [0.2, 0.25) is 0 Å². The predicted molar refractivity (Wildman–Crippen MR) is 155 cm³/mol. The van der Waals surface area contributed by atoms with E-state index in [1.807, 2.05) is 84.9 Å². The zero-order valence-electron chi connectivity index (χ0n) is 23.0. The standard InChI is InChI=1S/C35H36O6/c1-5-13-26(14-6-1)21-36-25-30-31-32(37-22-27-15-7-2-8-16-27)33(38-23-28-17-9-3-10-18-28)34(35(40-30)41-31)39-24-29-19-11-4-12-20-29/h1-20,30-35H,21-25H2/t30-,31+,32+,33-,34-,35-/m0/s1. The van der Waals surface area contributed by atoms with E-state index in [-0.39, 0.29) is 12.2 Å². The molecule has 6 atom stereocenters. The molecule has 0 aliphatic carbocycles. The second-order valence-electron chi connectivity index (χ2n) is 10.4. The third kappa shape index (κ3) is 7.29. The number of hydrogen-bond acceptors (Lipinski definition) is 6. The van der Waals surface area contributed by atoms with E-state index in [0.717, 1.165) is 22.3 Å². The Morgan fingerprint density at radius 1 is 0.439 bits per heavy atom. The summed E-state index contributed by atoms with van der Waals surface area (Å²) >= 11 is 0. The molecule has 2 aliphatic rings. The summed E-state index contributed by atoms with van der Waals surface area (Å²) in [5.74, 6) is 0. The Bertz CT molecular complexity index is 1300. The van der Waals surface area contributed by atoms with Gasteiger partial charge in [0.05, 0.1) is 33.0 Å². The number of rotatable bonds is 13. The average molecular weight is 553 g/mol. The topological polar surface area (TPSA) is 55.4 Å². The van der Waals surface area contributed by atoms with E-state index < -0.39 is 24.6 Å². The monoisotopic (exact) mass is 552 g/mol. The molecule has 0 aromatic heterocycles. The quantitative estimate of drug-likeness (QED) is 0.200. The molecule has 0 N–H and O–H groups in total. The van der Waals surface area contributed by atoms with Crippen LogP contribution in [0.2, 0.25) is 0 Å². The zero-order chi connectivity index (χ0) is 27.7. The van der Waals surface area contributed by atoms with Gasteiger partial charge in [-0.1, -0.05) is 121 Å². The van der Waals surface area contributed by atoms with Crippen LogP contribution in [0.15, 0.2) is 121 Å². The lowest BCUT2D eigenvalue weighted by Crippen LogP contribution is -2.57. The van der Waals surface area contributed by atoms with Gasteiger partial charge in [-0.25, -0.2) is 0 Å². The number of fused-ring (bicyclic) bond motifs is 2. The summed E-state index contributed by atoms with van der Waals surface area (Å²) in [6.45, 7) is 2.12. The molecule has 6 heteroatoms. The fourth-order valence-electron chi connectivity index (χ4n) is 5.35. The van der Waals surface area contributed by atoms with Crippen LogP contribution in [0, 0.1) is 0 Å². The van der Waals surface area contributed by atoms with Crippen molar-refractivity contribution in [1.82, 2.24) is 0 Å². The SMILES string of the molecule is c1ccc(COC[C@@H]2O[C@H]3O[C@H]2[C@@H](OCc2ccccc2)[C@H](OCc2ccccc2)[C@@H]3OCc2ccccc2)cc1. The molecule has 2 saturated heterocycles. The van der Waals surface area contributed by atoms with Crippen LogP contribution in [0.5, 0.6) is 0 Å². The first kappa shape index (κ1) is 27.8. The van der Waals surface area contributed by atoms with Gasteiger partial charge in [0, 0.05) is 0 Å². The average Bonchev–Trinajstić information content (AvgIpc) is 3.40. The van der Waals surface area contributed by atoms with Gasteiger partial charge in [-0.15, -0.1) is 0 Å². The summed E-state index contributed by atoms with van der Waals surface area (Å²) < 4.78 is 38.8. The van der Waals surface area contributed by atoms with E-state index in [0.29, 0.717) is 33.0 Å². The second-order valence-corrected chi connectivity index (χ2v) is 10.4. The molecule has 41 heavy (non-hydrogen) atoms. The highest BCUT2D eigenvalue weighted by Crippen LogP contribution is 2.38. The summed E-state index contributed by atoms with van der Waals surface area (Å²) in [7, 11) is 0. The van der Waals surface area contributed by atoms with Crippen LogP contribution in [0.1, 0.15) is 22.3 Å². The van der Waals surface area contributed by atoms with Crippen LogP contribution < -0.4 is 0 Å². The van der Waals surface area contributed by atoms with Crippen molar-refractivity contribution in [2.45, 2.75) is 63.2 Å². The first-order chi connectivity index (χ1) is 20.3. The van der Waals surface area contributed by atoms with E-state index in [1.165, 1.54) is 0 Å². The molecule has 0 radical (unpaired) electrons. The second kappa shape index (κ2) is 14.0. The van der Waals surface area contributed by atoms with Gasteiger partial charge < -0.3 is 28.4 Å². The van der Waals surface area contributed by atoms with Crippen molar-refractivity contribution in [2.75, 3.05) is 6.61 Å². The van der Waals surface area contributed by atoms with E-state index in [1.54, 1.807) is 0 Å². The van der Waals surface area contributed by atoms with Crippen molar-refractivity contribution in [3.05, 3.63) is 144 Å². The molecular formula is C35H36O6. The van der Waals surface area contributed by atoms with Gasteiger partial charge in [-0.3, -0.25) is 0 Å². The third-order valence-electron chi connectivity index (χ3n) is 7.46. The van der Waals surface area contributed by atoms with Crippen LogP contribution in [0.25, 0.3) is 0 Å². The van der Waals surface area contributed by atoms with E-state index in [4.69, 9.17) is 28.4 Å². The first-order valence-electron chi connectivity index (χ1n) is 14.2. The van der Waals surface area contributed by atoms with E-state index in [9.17, 15) is 0 Å². The molecule has 0 spiro atoms. The summed E-state index contributed by atoms with van der Waals surface area (Å²) in [5, 5.41) is 0. The van der Waals surface area contributed by atoms with Crippen molar-refractivity contribution in [3.8, 4) is 0 Å². The minimum atomic E-state index is -0.591. The molecular weight excluding hydrogens is 516 g/mol. The van der Waals surface area contributed by atoms with Gasteiger partial charge in [-0.2, -0.15) is 0 Å². The van der Waals surface area contributed by atoms with Crippen LogP contribution in [-0.2, 0) is 54.8 Å². The molecule has 6 nitrogen and oxygen atoms in total. The minimum absolute atomic E-state index is 0.322. The lowest BCUT2D eigenvalue weighted by Gasteiger charge is -2.40. The lowest BCUT2D eigenvalue weighted by molar-refractivity contribution is -0.268. The fourth-order valence-corrected chi connectivity index (χ4v) is 5.35. The fraction of sp³-hybridized carbons (Fsp3) is 0.314. The molecule has 4 aromatic rings. The largest absolute Gasteiger partial charge is 0.374 e. The minimum Gasteiger partial charge on any atom is -0.374 e. The Labute approximate surface area is 241 Å². The maximum atomic E-state index is 6.62. The molecule has 4 aromatic carbocycles. The molecule has 2 aliphatic heterocycles. The van der Waals surface area contributed by atoms with Crippen molar-refractivity contribution in [1.29, 1.82) is 0 Å². The summed E-state index contributed by atoms with van der Waals surface area (Å²) in [6, 6.07) is 40.5. The molecule has 2 heterocycles. The van der Waals surface area contributed by atoms with Crippen molar-refractivity contribution >= 4 is 0 Å². The van der Waals surface area contributed by atoms with Crippen molar-refractivity contribution in [2.24, 2.45) is 0 Å². The van der Waals surface area contributed by atoms with Gasteiger partial charge in [0.25, 0.3) is 0 Å². The summed E-state index contributed by atoms with van der Waals surface area (Å²) in [4.78, 5) is 0. The van der Waals surface area contributed by atoms with Gasteiger partial charge in [0.15, 0.2) is 6.29 Å². The maximum absolute atomic E-state index is 6.62. The number of ether oxygens (including phenoxy) is 6. The van der Waals surface area contributed by atoms with Crippen LogP contribution >= 0.6 is 0 Å². The Morgan fingerprint density at radius 3 is 1.34 bits per heavy atom. The van der Waals surface area contributed by atoms with E-state index in [2.05, 4.69) is 36.4 Å². The smallest absolute Gasteiger partial charge is 0.187 e. The maximum Gasteiger partial charge on any atom is 0.187 e. The lowest BCUT2D eigenvalue weighted by atomic mass is 9.97.